The van der Waals surface area contributed by atoms with Crippen molar-refractivity contribution in [3.8, 4) is 0 Å². The fraction of sp³-hybridized carbons (Fsp3) is 0.200. The number of fused-ring (bicyclic) bond motifs is 1. The van der Waals surface area contributed by atoms with Crippen LogP contribution in [-0.2, 0) is 0 Å². The van der Waals surface area contributed by atoms with Crippen molar-refractivity contribution in [1.82, 2.24) is 14.7 Å². The highest BCUT2D eigenvalue weighted by Crippen LogP contribution is 2.09. The van der Waals surface area contributed by atoms with Gasteiger partial charge >= 0.3 is 6.03 Å². The summed E-state index contributed by atoms with van der Waals surface area (Å²) < 4.78 is 1.81. The summed E-state index contributed by atoms with van der Waals surface area (Å²) in [5.74, 6) is 0.525. The van der Waals surface area contributed by atoms with Crippen LogP contribution in [0.1, 0.15) is 6.92 Å². The summed E-state index contributed by atoms with van der Waals surface area (Å²) in [7, 11) is 0. The van der Waals surface area contributed by atoms with E-state index in [-0.39, 0.29) is 6.03 Å². The van der Waals surface area contributed by atoms with Crippen molar-refractivity contribution in [2.45, 2.75) is 6.92 Å². The summed E-state index contributed by atoms with van der Waals surface area (Å²) in [5, 5.41) is 5.31. The second-order valence-corrected chi connectivity index (χ2v) is 3.06. The van der Waals surface area contributed by atoms with E-state index >= 15 is 0 Å². The number of nitrogens with zero attached hydrogens (tertiary/aromatic N) is 2. The molecule has 0 spiro atoms. The minimum Gasteiger partial charge on any atom is -0.338 e. The maximum Gasteiger partial charge on any atom is 0.321 e. The average Bonchev–Trinajstić information content (AvgIpc) is 2.62. The zero-order valence-corrected chi connectivity index (χ0v) is 8.40. The van der Waals surface area contributed by atoms with E-state index in [4.69, 9.17) is 0 Å². The molecule has 78 valence electrons. The Balaban J connectivity index is 2.25. The second-order valence-electron chi connectivity index (χ2n) is 3.06. The number of anilines is 1. The molecule has 2 amide bonds. The minimum atomic E-state index is -0.242. The van der Waals surface area contributed by atoms with E-state index in [1.165, 1.54) is 0 Å². The predicted molar refractivity (Wildman–Crippen MR) is 57.9 cm³/mol. The molecule has 0 fully saturated rings. The molecule has 0 aliphatic carbocycles. The Morgan fingerprint density at radius 3 is 3.20 bits per heavy atom. The molecule has 15 heavy (non-hydrogen) atoms. The number of carbonyl (C=O) groups is 1. The molecule has 0 radical (unpaired) electrons. The van der Waals surface area contributed by atoms with Gasteiger partial charge in [0.25, 0.3) is 0 Å². The van der Waals surface area contributed by atoms with Gasteiger partial charge in [-0.2, -0.15) is 0 Å². The van der Waals surface area contributed by atoms with Gasteiger partial charge in [0.15, 0.2) is 0 Å². The van der Waals surface area contributed by atoms with Crippen LogP contribution in [-0.4, -0.2) is 22.0 Å². The highest BCUT2D eigenvalue weighted by Gasteiger charge is 2.05. The Labute approximate surface area is 87.1 Å². The highest BCUT2D eigenvalue weighted by atomic mass is 16.2. The lowest BCUT2D eigenvalue weighted by molar-refractivity contribution is 0.252. The van der Waals surface area contributed by atoms with E-state index in [0.29, 0.717) is 12.5 Å². The van der Waals surface area contributed by atoms with Crippen LogP contribution in [0.3, 0.4) is 0 Å². The van der Waals surface area contributed by atoms with Gasteiger partial charge in [-0.05, 0) is 19.1 Å². The Bertz CT molecular complexity index is 477. The molecule has 0 aromatic carbocycles. The summed E-state index contributed by atoms with van der Waals surface area (Å²) in [5.41, 5.74) is 0.948. The minimum absolute atomic E-state index is 0.242. The third kappa shape index (κ3) is 1.90. The standard InChI is InChI=1S/C10H12N4O/c1-2-11-10(15)13-9-12-7-8-5-3-4-6-14(8)9/h3-7H,2H2,1H3,(H2,11,12,13,15). The van der Waals surface area contributed by atoms with Crippen molar-refractivity contribution in [2.75, 3.05) is 11.9 Å². The number of nitrogens with one attached hydrogen (secondary N) is 2. The lowest BCUT2D eigenvalue weighted by Crippen LogP contribution is -2.29. The summed E-state index contributed by atoms with van der Waals surface area (Å²) >= 11 is 0. The first kappa shape index (κ1) is 9.51. The fourth-order valence-corrected chi connectivity index (χ4v) is 1.34. The molecule has 0 bridgehead atoms. The number of pyridine rings is 1. The summed E-state index contributed by atoms with van der Waals surface area (Å²) in [6.45, 7) is 2.46. The lowest BCUT2D eigenvalue weighted by Gasteiger charge is -2.04. The van der Waals surface area contributed by atoms with E-state index in [1.54, 1.807) is 6.20 Å². The van der Waals surface area contributed by atoms with Crippen LogP contribution >= 0.6 is 0 Å². The molecule has 0 atom stereocenters. The number of hydrogen-bond donors (Lipinski definition) is 2. The molecule has 0 aliphatic heterocycles. The first-order valence-corrected chi connectivity index (χ1v) is 4.78. The van der Waals surface area contributed by atoms with Crippen LogP contribution in [0.2, 0.25) is 0 Å². The van der Waals surface area contributed by atoms with Gasteiger partial charge in [-0.25, -0.2) is 9.78 Å². The molecular formula is C10H12N4O. The fourth-order valence-electron chi connectivity index (χ4n) is 1.34. The molecule has 0 saturated carbocycles. The molecule has 2 aromatic heterocycles. The molecule has 0 aliphatic rings. The van der Waals surface area contributed by atoms with Gasteiger partial charge in [0.05, 0.1) is 11.7 Å². The van der Waals surface area contributed by atoms with Crippen LogP contribution in [0.25, 0.3) is 5.52 Å². The number of hydrogen-bond acceptors (Lipinski definition) is 2. The van der Waals surface area contributed by atoms with Crippen LogP contribution < -0.4 is 10.6 Å². The SMILES string of the molecule is CCNC(=O)Nc1ncc2ccccn12. The van der Waals surface area contributed by atoms with Gasteiger partial charge < -0.3 is 5.32 Å². The zero-order valence-electron chi connectivity index (χ0n) is 8.40. The van der Waals surface area contributed by atoms with Crippen LogP contribution in [0.4, 0.5) is 10.7 Å². The zero-order chi connectivity index (χ0) is 10.7. The van der Waals surface area contributed by atoms with Crippen molar-refractivity contribution >= 4 is 17.5 Å². The quantitative estimate of drug-likeness (QED) is 0.778. The van der Waals surface area contributed by atoms with Gasteiger partial charge in [-0.15, -0.1) is 0 Å². The summed E-state index contributed by atoms with van der Waals surface area (Å²) in [6, 6.07) is 5.49. The number of urea groups is 1. The van der Waals surface area contributed by atoms with Crippen LogP contribution in [0.5, 0.6) is 0 Å². The van der Waals surface area contributed by atoms with Gasteiger partial charge in [-0.3, -0.25) is 9.72 Å². The number of carbonyl (C=O) groups excluding carboxylic acids is 1. The molecule has 5 heteroatoms. The third-order valence-electron chi connectivity index (χ3n) is 2.00. The van der Waals surface area contributed by atoms with Gasteiger partial charge in [0.1, 0.15) is 0 Å². The molecule has 2 N–H and O–H groups in total. The number of aromatic nitrogens is 2. The van der Waals surface area contributed by atoms with Crippen LogP contribution in [0, 0.1) is 0 Å². The maximum atomic E-state index is 11.3. The van der Waals surface area contributed by atoms with Crippen molar-refractivity contribution in [3.05, 3.63) is 30.6 Å². The van der Waals surface area contributed by atoms with E-state index in [0.717, 1.165) is 5.52 Å². The monoisotopic (exact) mass is 204 g/mol. The lowest BCUT2D eigenvalue weighted by atomic mass is 10.4. The first-order chi connectivity index (χ1) is 7.31. The topological polar surface area (TPSA) is 58.4 Å². The van der Waals surface area contributed by atoms with Crippen LogP contribution in [0.15, 0.2) is 30.6 Å². The van der Waals surface area contributed by atoms with E-state index in [1.807, 2.05) is 35.7 Å². The Morgan fingerprint density at radius 1 is 1.53 bits per heavy atom. The van der Waals surface area contributed by atoms with Crippen molar-refractivity contribution < 1.29 is 4.79 Å². The van der Waals surface area contributed by atoms with Gasteiger partial charge in [-0.1, -0.05) is 6.07 Å². The molecule has 0 saturated heterocycles. The number of amides is 2. The van der Waals surface area contributed by atoms with E-state index in [2.05, 4.69) is 15.6 Å². The van der Waals surface area contributed by atoms with E-state index < -0.39 is 0 Å². The van der Waals surface area contributed by atoms with Crippen molar-refractivity contribution in [1.29, 1.82) is 0 Å². The molecule has 2 rings (SSSR count). The second kappa shape index (κ2) is 4.00. The van der Waals surface area contributed by atoms with E-state index in [9.17, 15) is 4.79 Å². The highest BCUT2D eigenvalue weighted by molar-refractivity contribution is 5.87. The van der Waals surface area contributed by atoms with Gasteiger partial charge in [0.2, 0.25) is 5.95 Å². The number of rotatable bonds is 2. The largest absolute Gasteiger partial charge is 0.338 e. The predicted octanol–water partition coefficient (Wildman–Crippen LogP) is 1.48. The molecule has 5 nitrogen and oxygen atoms in total. The smallest absolute Gasteiger partial charge is 0.321 e. The first-order valence-electron chi connectivity index (χ1n) is 4.78. The molecular weight excluding hydrogens is 192 g/mol. The Hall–Kier alpha value is -2.04. The van der Waals surface area contributed by atoms with Crippen molar-refractivity contribution in [3.63, 3.8) is 0 Å². The van der Waals surface area contributed by atoms with Crippen molar-refractivity contribution in [2.24, 2.45) is 0 Å². The normalized spacial score (nSPS) is 10.2. The average molecular weight is 204 g/mol. The molecule has 2 aromatic rings. The third-order valence-corrected chi connectivity index (χ3v) is 2.00. The molecule has 2 heterocycles. The Kier molecular flexibility index (Phi) is 2.53. The summed E-state index contributed by atoms with van der Waals surface area (Å²) in [4.78, 5) is 15.4. The maximum absolute atomic E-state index is 11.3. The molecule has 0 unspecified atom stereocenters. The number of imidazole rings is 1. The Morgan fingerprint density at radius 2 is 2.40 bits per heavy atom. The summed E-state index contributed by atoms with van der Waals surface area (Å²) in [6.07, 6.45) is 3.56. The van der Waals surface area contributed by atoms with Gasteiger partial charge in [0, 0.05) is 12.7 Å².